The Morgan fingerprint density at radius 2 is 1.90 bits per heavy atom. The molecule has 2 heterocycles. The molecule has 0 aromatic carbocycles. The van der Waals surface area contributed by atoms with Gasteiger partial charge in [-0.05, 0) is 18.8 Å². The number of piperidine rings is 1. The molecule has 0 N–H and O–H groups in total. The van der Waals surface area contributed by atoms with Crippen molar-refractivity contribution in [2.75, 3.05) is 13.1 Å². The Kier molecular flexibility index (Phi) is 3.88. The van der Waals surface area contributed by atoms with Crippen molar-refractivity contribution in [3.8, 4) is 0 Å². The third kappa shape index (κ3) is 2.45. The van der Waals surface area contributed by atoms with Crippen LogP contribution < -0.4 is 11.2 Å². The Morgan fingerprint density at radius 1 is 1.25 bits per heavy atom. The summed E-state index contributed by atoms with van der Waals surface area (Å²) in [6, 6.07) is 0. The third-order valence-corrected chi connectivity index (χ3v) is 5.50. The van der Waals surface area contributed by atoms with Gasteiger partial charge in [-0.2, -0.15) is 4.31 Å². The Bertz CT molecular complexity index is 732. The molecular formula is C12H19N3O4S. The number of sulfonamides is 1. The van der Waals surface area contributed by atoms with Crippen LogP contribution in [0.15, 0.2) is 20.7 Å². The molecule has 0 aliphatic carbocycles. The minimum absolute atomic E-state index is 0.273. The van der Waals surface area contributed by atoms with Crippen molar-refractivity contribution in [1.29, 1.82) is 0 Å². The number of nitrogens with zero attached hydrogens (tertiary/aromatic N) is 3. The van der Waals surface area contributed by atoms with Crippen LogP contribution in [0, 0.1) is 5.92 Å². The average Bonchev–Trinajstić information content (AvgIpc) is 2.40. The highest BCUT2D eigenvalue weighted by Crippen LogP contribution is 2.21. The number of hydrogen-bond donors (Lipinski definition) is 0. The van der Waals surface area contributed by atoms with Gasteiger partial charge in [0.05, 0.1) is 0 Å². The van der Waals surface area contributed by atoms with E-state index >= 15 is 0 Å². The molecule has 7 nitrogen and oxygen atoms in total. The second-order valence-electron chi connectivity index (χ2n) is 5.36. The summed E-state index contributed by atoms with van der Waals surface area (Å²) in [4.78, 5) is 23.3. The molecule has 0 saturated carbocycles. The van der Waals surface area contributed by atoms with E-state index in [1.807, 2.05) is 6.92 Å². The van der Waals surface area contributed by atoms with E-state index in [0.717, 1.165) is 28.2 Å². The molecule has 1 fully saturated rings. The van der Waals surface area contributed by atoms with Crippen LogP contribution in [0.2, 0.25) is 0 Å². The number of rotatable bonds is 2. The summed E-state index contributed by atoms with van der Waals surface area (Å²) in [6.07, 6.45) is 2.88. The summed E-state index contributed by atoms with van der Waals surface area (Å²) in [5, 5.41) is 0. The predicted molar refractivity (Wildman–Crippen MR) is 74.1 cm³/mol. The molecule has 8 heteroatoms. The molecule has 1 aromatic heterocycles. The average molecular weight is 301 g/mol. The van der Waals surface area contributed by atoms with Crippen molar-refractivity contribution in [3.05, 3.63) is 27.0 Å². The minimum Gasteiger partial charge on any atom is -0.302 e. The summed E-state index contributed by atoms with van der Waals surface area (Å²) in [7, 11) is -1.14. The maximum Gasteiger partial charge on any atom is 0.330 e. The van der Waals surface area contributed by atoms with Gasteiger partial charge in [0, 0.05) is 33.4 Å². The van der Waals surface area contributed by atoms with E-state index in [9.17, 15) is 18.0 Å². The van der Waals surface area contributed by atoms with Gasteiger partial charge in [-0.15, -0.1) is 0 Å². The van der Waals surface area contributed by atoms with E-state index < -0.39 is 21.3 Å². The van der Waals surface area contributed by atoms with Gasteiger partial charge in [-0.3, -0.25) is 9.36 Å². The number of aromatic nitrogens is 2. The summed E-state index contributed by atoms with van der Waals surface area (Å²) in [6.45, 7) is 2.81. The first-order valence-corrected chi connectivity index (χ1v) is 7.96. The van der Waals surface area contributed by atoms with Gasteiger partial charge in [-0.1, -0.05) is 6.92 Å². The summed E-state index contributed by atoms with van der Waals surface area (Å²) in [5.74, 6) is 0.273. The fraction of sp³-hybridized carbons (Fsp3) is 0.667. The van der Waals surface area contributed by atoms with E-state index in [-0.39, 0.29) is 10.8 Å². The van der Waals surface area contributed by atoms with Crippen molar-refractivity contribution in [1.82, 2.24) is 13.4 Å². The molecule has 112 valence electrons. The van der Waals surface area contributed by atoms with Gasteiger partial charge in [0.15, 0.2) is 4.90 Å². The van der Waals surface area contributed by atoms with Gasteiger partial charge >= 0.3 is 5.69 Å². The molecule has 1 saturated heterocycles. The van der Waals surface area contributed by atoms with Crippen molar-refractivity contribution in [2.24, 2.45) is 20.0 Å². The van der Waals surface area contributed by atoms with Gasteiger partial charge in [0.25, 0.3) is 5.56 Å². The van der Waals surface area contributed by atoms with Gasteiger partial charge in [-0.25, -0.2) is 13.2 Å². The van der Waals surface area contributed by atoms with Gasteiger partial charge in [0.1, 0.15) is 0 Å². The Balaban J connectivity index is 2.56. The zero-order valence-electron chi connectivity index (χ0n) is 11.9. The molecule has 20 heavy (non-hydrogen) atoms. The highest BCUT2D eigenvalue weighted by atomic mass is 32.2. The second-order valence-corrected chi connectivity index (χ2v) is 7.27. The lowest BCUT2D eigenvalue weighted by atomic mass is 10.0. The van der Waals surface area contributed by atoms with E-state index in [0.29, 0.717) is 13.1 Å². The first-order chi connectivity index (χ1) is 9.25. The second kappa shape index (κ2) is 5.17. The molecule has 1 aliphatic heterocycles. The highest BCUT2D eigenvalue weighted by Gasteiger charge is 2.31. The number of aryl methyl sites for hydroxylation is 1. The van der Waals surface area contributed by atoms with Crippen LogP contribution >= 0.6 is 0 Å². The molecule has 0 unspecified atom stereocenters. The van der Waals surface area contributed by atoms with E-state index in [2.05, 4.69) is 0 Å². The predicted octanol–water partition coefficient (Wildman–Crippen LogP) is -0.495. The van der Waals surface area contributed by atoms with Gasteiger partial charge < -0.3 is 4.57 Å². The summed E-state index contributed by atoms with van der Waals surface area (Å²) < 4.78 is 28.4. The smallest absolute Gasteiger partial charge is 0.302 e. The molecule has 1 aromatic rings. The molecule has 0 spiro atoms. The van der Waals surface area contributed by atoms with E-state index in [1.165, 1.54) is 18.4 Å². The molecular weight excluding hydrogens is 282 g/mol. The molecule has 0 bridgehead atoms. The minimum atomic E-state index is -3.85. The van der Waals surface area contributed by atoms with Crippen molar-refractivity contribution in [2.45, 2.75) is 24.7 Å². The summed E-state index contributed by atoms with van der Waals surface area (Å²) >= 11 is 0. The number of hydrogen-bond acceptors (Lipinski definition) is 4. The standard InChI is InChI=1S/C12H19N3O4S/c1-9-5-4-6-15(7-9)20(18,19)10-8-13(2)12(17)14(3)11(10)16/h8-9H,4-7H2,1-3H3/t9-/m1/s1. The van der Waals surface area contributed by atoms with Crippen molar-refractivity contribution in [3.63, 3.8) is 0 Å². The monoisotopic (exact) mass is 301 g/mol. The third-order valence-electron chi connectivity index (χ3n) is 3.65. The first kappa shape index (κ1) is 15.0. The zero-order chi connectivity index (χ0) is 15.1. The molecule has 1 atom stereocenters. The SMILES string of the molecule is C[C@@H]1CCCN(S(=O)(=O)c2cn(C)c(=O)n(C)c2=O)C1. The molecule has 2 rings (SSSR count). The van der Waals surface area contributed by atoms with Crippen LogP contribution in [0.4, 0.5) is 0 Å². The van der Waals surface area contributed by atoms with Crippen LogP contribution in [-0.4, -0.2) is 34.9 Å². The lowest BCUT2D eigenvalue weighted by Crippen LogP contribution is -2.45. The Labute approximate surface area is 117 Å². The van der Waals surface area contributed by atoms with E-state index in [4.69, 9.17) is 0 Å². The van der Waals surface area contributed by atoms with Gasteiger partial charge in [0.2, 0.25) is 10.0 Å². The lowest BCUT2D eigenvalue weighted by molar-refractivity contribution is 0.280. The first-order valence-electron chi connectivity index (χ1n) is 6.52. The van der Waals surface area contributed by atoms with Crippen LogP contribution in [0.25, 0.3) is 0 Å². The van der Waals surface area contributed by atoms with Crippen LogP contribution in [0.3, 0.4) is 0 Å². The highest BCUT2D eigenvalue weighted by molar-refractivity contribution is 7.89. The van der Waals surface area contributed by atoms with Crippen molar-refractivity contribution >= 4 is 10.0 Å². The Hall–Kier alpha value is -1.41. The van der Waals surface area contributed by atoms with E-state index in [1.54, 1.807) is 0 Å². The molecule has 0 amide bonds. The largest absolute Gasteiger partial charge is 0.330 e. The van der Waals surface area contributed by atoms with Crippen molar-refractivity contribution < 1.29 is 8.42 Å². The Morgan fingerprint density at radius 3 is 2.50 bits per heavy atom. The quantitative estimate of drug-likeness (QED) is 0.738. The lowest BCUT2D eigenvalue weighted by Gasteiger charge is -2.29. The zero-order valence-corrected chi connectivity index (χ0v) is 12.7. The fourth-order valence-corrected chi connectivity index (χ4v) is 4.20. The molecule has 1 aliphatic rings. The topological polar surface area (TPSA) is 81.4 Å². The normalized spacial score (nSPS) is 21.1. The van der Waals surface area contributed by atoms with Crippen LogP contribution in [-0.2, 0) is 24.1 Å². The van der Waals surface area contributed by atoms with Crippen LogP contribution in [0.1, 0.15) is 19.8 Å². The maximum atomic E-state index is 12.6. The maximum absolute atomic E-state index is 12.6. The van der Waals surface area contributed by atoms with Crippen LogP contribution in [0.5, 0.6) is 0 Å². The summed E-state index contributed by atoms with van der Waals surface area (Å²) in [5.41, 5.74) is -1.31. The molecule has 0 radical (unpaired) electrons. The fourth-order valence-electron chi connectivity index (χ4n) is 2.46.